The molecule has 0 aromatic heterocycles. The summed E-state index contributed by atoms with van der Waals surface area (Å²) in [6.07, 6.45) is 0.554. The van der Waals surface area contributed by atoms with Gasteiger partial charge in [0, 0.05) is 11.3 Å². The summed E-state index contributed by atoms with van der Waals surface area (Å²) >= 11 is 0. The van der Waals surface area contributed by atoms with Gasteiger partial charge in [0.15, 0.2) is 0 Å². The molecule has 3 aromatic rings. The third-order valence-corrected chi connectivity index (χ3v) is 5.32. The normalized spacial score (nSPS) is 12.8. The minimum absolute atomic E-state index is 0.143. The van der Waals surface area contributed by atoms with Gasteiger partial charge in [0.2, 0.25) is 0 Å². The number of benzene rings is 3. The van der Waals surface area contributed by atoms with E-state index in [4.69, 9.17) is 0 Å². The Morgan fingerprint density at radius 2 is 1.50 bits per heavy atom. The summed E-state index contributed by atoms with van der Waals surface area (Å²) < 4.78 is 15.2. The highest BCUT2D eigenvalue weighted by atomic mass is 32.2. The number of rotatable bonds is 8. The first-order valence-corrected chi connectivity index (χ1v) is 10.1. The molecule has 0 radical (unpaired) electrons. The smallest absolute Gasteiger partial charge is 0.251 e. The van der Waals surface area contributed by atoms with E-state index in [9.17, 15) is 14.1 Å². The number of carbonyl (C=O) groups excluding carboxylic acids is 1. The highest BCUT2D eigenvalue weighted by Crippen LogP contribution is 2.14. The van der Waals surface area contributed by atoms with Crippen LogP contribution in [-0.4, -0.2) is 27.9 Å². The number of carbonyl (C=O) groups is 1. The summed E-state index contributed by atoms with van der Waals surface area (Å²) in [5.74, 6) is -0.259. The predicted molar refractivity (Wildman–Crippen MR) is 111 cm³/mol. The van der Waals surface area contributed by atoms with Crippen molar-refractivity contribution in [1.29, 1.82) is 0 Å². The van der Waals surface area contributed by atoms with Gasteiger partial charge in [0.1, 0.15) is 11.0 Å². The van der Waals surface area contributed by atoms with E-state index in [-0.39, 0.29) is 18.6 Å². The summed E-state index contributed by atoms with van der Waals surface area (Å²) in [6, 6.07) is 25.2. The number of amides is 1. The standard InChI is InChI=1S/C22H22N2O3S/c25-16-20(15-17-7-3-1-4-8-17)23-22(26)18-11-13-19(14-12-18)24-28(27)21-9-5-2-6-10-21/h1-14,20,24-25H,15-16H2,(H,23,26)/t20-,28?/m0/s1. The van der Waals surface area contributed by atoms with Gasteiger partial charge in [-0.2, -0.15) is 0 Å². The van der Waals surface area contributed by atoms with E-state index in [0.29, 0.717) is 22.6 Å². The third-order valence-electron chi connectivity index (χ3n) is 4.20. The minimum Gasteiger partial charge on any atom is -0.394 e. The van der Waals surface area contributed by atoms with E-state index in [1.807, 2.05) is 48.5 Å². The lowest BCUT2D eigenvalue weighted by Gasteiger charge is -2.16. The van der Waals surface area contributed by atoms with Gasteiger partial charge in [-0.05, 0) is 48.4 Å². The van der Waals surface area contributed by atoms with Crippen molar-refractivity contribution in [1.82, 2.24) is 5.32 Å². The second-order valence-corrected chi connectivity index (χ2v) is 7.52. The molecular formula is C22H22N2O3S. The van der Waals surface area contributed by atoms with Crippen molar-refractivity contribution in [3.8, 4) is 0 Å². The molecule has 0 heterocycles. The summed E-state index contributed by atoms with van der Waals surface area (Å²) in [4.78, 5) is 13.1. The van der Waals surface area contributed by atoms with Crippen molar-refractivity contribution in [2.75, 3.05) is 11.3 Å². The largest absolute Gasteiger partial charge is 0.394 e. The van der Waals surface area contributed by atoms with Crippen LogP contribution >= 0.6 is 0 Å². The molecule has 2 atom stereocenters. The van der Waals surface area contributed by atoms with Crippen LogP contribution in [0.5, 0.6) is 0 Å². The van der Waals surface area contributed by atoms with Crippen LogP contribution in [0.3, 0.4) is 0 Å². The predicted octanol–water partition coefficient (Wildman–Crippen LogP) is 3.15. The molecule has 0 saturated heterocycles. The Kier molecular flexibility index (Phi) is 6.94. The van der Waals surface area contributed by atoms with E-state index < -0.39 is 11.0 Å². The van der Waals surface area contributed by atoms with Crippen LogP contribution in [0.15, 0.2) is 89.8 Å². The van der Waals surface area contributed by atoms with Crippen LogP contribution < -0.4 is 10.0 Å². The Bertz CT molecular complexity index is 916. The number of aliphatic hydroxyl groups is 1. The fourth-order valence-electron chi connectivity index (χ4n) is 2.73. The Labute approximate surface area is 167 Å². The van der Waals surface area contributed by atoms with Crippen molar-refractivity contribution in [3.05, 3.63) is 96.1 Å². The van der Waals surface area contributed by atoms with Crippen molar-refractivity contribution >= 4 is 22.6 Å². The Hall–Kier alpha value is -2.96. The maximum atomic E-state index is 12.5. The van der Waals surface area contributed by atoms with Gasteiger partial charge in [-0.25, -0.2) is 4.21 Å². The second-order valence-electron chi connectivity index (χ2n) is 6.30. The van der Waals surface area contributed by atoms with Crippen LogP contribution in [0.2, 0.25) is 0 Å². The zero-order chi connectivity index (χ0) is 19.8. The fraction of sp³-hybridized carbons (Fsp3) is 0.136. The molecule has 6 heteroatoms. The molecule has 3 rings (SSSR count). The van der Waals surface area contributed by atoms with Crippen molar-refractivity contribution < 1.29 is 14.1 Å². The molecule has 28 heavy (non-hydrogen) atoms. The molecule has 0 aliphatic heterocycles. The highest BCUT2D eigenvalue weighted by Gasteiger charge is 2.14. The molecule has 0 spiro atoms. The molecule has 1 amide bonds. The van der Waals surface area contributed by atoms with E-state index in [1.165, 1.54) is 0 Å². The number of anilines is 1. The van der Waals surface area contributed by atoms with Gasteiger partial charge in [-0.3, -0.25) is 4.79 Å². The van der Waals surface area contributed by atoms with Crippen LogP contribution in [0.4, 0.5) is 5.69 Å². The van der Waals surface area contributed by atoms with Gasteiger partial charge in [0.25, 0.3) is 5.91 Å². The van der Waals surface area contributed by atoms with Gasteiger partial charge >= 0.3 is 0 Å². The Balaban J connectivity index is 1.59. The molecule has 0 fully saturated rings. The van der Waals surface area contributed by atoms with Crippen molar-refractivity contribution in [3.63, 3.8) is 0 Å². The van der Waals surface area contributed by atoms with E-state index in [1.54, 1.807) is 36.4 Å². The lowest BCUT2D eigenvalue weighted by atomic mass is 10.1. The monoisotopic (exact) mass is 394 g/mol. The summed E-state index contributed by atoms with van der Waals surface area (Å²) in [5.41, 5.74) is 2.18. The van der Waals surface area contributed by atoms with E-state index in [2.05, 4.69) is 10.0 Å². The Morgan fingerprint density at radius 1 is 0.893 bits per heavy atom. The zero-order valence-corrected chi connectivity index (χ0v) is 16.1. The topological polar surface area (TPSA) is 78.4 Å². The first kappa shape index (κ1) is 19.8. The van der Waals surface area contributed by atoms with Crippen LogP contribution in [0.1, 0.15) is 15.9 Å². The maximum Gasteiger partial charge on any atom is 0.251 e. The second kappa shape index (κ2) is 9.82. The van der Waals surface area contributed by atoms with Crippen LogP contribution in [0.25, 0.3) is 0 Å². The van der Waals surface area contributed by atoms with E-state index in [0.717, 1.165) is 5.56 Å². The molecule has 0 aliphatic carbocycles. The summed E-state index contributed by atoms with van der Waals surface area (Å²) in [6.45, 7) is -0.143. The lowest BCUT2D eigenvalue weighted by Crippen LogP contribution is -2.39. The van der Waals surface area contributed by atoms with Crippen molar-refractivity contribution in [2.45, 2.75) is 17.4 Å². The number of nitrogens with one attached hydrogen (secondary N) is 2. The van der Waals surface area contributed by atoms with Gasteiger partial charge in [-0.1, -0.05) is 48.5 Å². The SMILES string of the molecule is O=C(N[C@H](CO)Cc1ccccc1)c1ccc(NS(=O)c2ccccc2)cc1. The highest BCUT2D eigenvalue weighted by molar-refractivity contribution is 7.86. The third kappa shape index (κ3) is 5.52. The molecule has 0 aliphatic rings. The first-order chi connectivity index (χ1) is 13.7. The molecule has 0 bridgehead atoms. The van der Waals surface area contributed by atoms with Crippen LogP contribution in [-0.2, 0) is 17.4 Å². The molecule has 5 nitrogen and oxygen atoms in total. The van der Waals surface area contributed by atoms with Gasteiger partial charge in [0.05, 0.1) is 17.5 Å². The minimum atomic E-state index is -1.37. The average molecular weight is 394 g/mol. The quantitative estimate of drug-likeness (QED) is 0.549. The molecule has 3 N–H and O–H groups in total. The first-order valence-electron chi connectivity index (χ1n) is 8.95. The van der Waals surface area contributed by atoms with Gasteiger partial charge < -0.3 is 15.1 Å². The van der Waals surface area contributed by atoms with Gasteiger partial charge in [-0.15, -0.1) is 0 Å². The van der Waals surface area contributed by atoms with E-state index >= 15 is 0 Å². The lowest BCUT2D eigenvalue weighted by molar-refractivity contribution is 0.0916. The Morgan fingerprint density at radius 3 is 2.11 bits per heavy atom. The summed E-state index contributed by atoms with van der Waals surface area (Å²) in [7, 11) is -1.37. The fourth-order valence-corrected chi connectivity index (χ4v) is 3.60. The maximum absolute atomic E-state index is 12.5. The van der Waals surface area contributed by atoms with Crippen molar-refractivity contribution in [2.24, 2.45) is 0 Å². The number of hydrogen-bond acceptors (Lipinski definition) is 3. The zero-order valence-electron chi connectivity index (χ0n) is 15.2. The summed E-state index contributed by atoms with van der Waals surface area (Å²) in [5, 5.41) is 12.4. The molecule has 1 unspecified atom stereocenters. The number of hydrogen-bond donors (Lipinski definition) is 3. The number of aliphatic hydroxyl groups excluding tert-OH is 1. The molecule has 3 aromatic carbocycles. The molecular weight excluding hydrogens is 372 g/mol. The van der Waals surface area contributed by atoms with Crippen LogP contribution in [0, 0.1) is 0 Å². The average Bonchev–Trinajstić information content (AvgIpc) is 2.75. The molecule has 0 saturated carbocycles. The molecule has 144 valence electrons.